The number of rotatable bonds is 11. The fraction of sp³-hybridized carbons (Fsp3) is 0.727. The lowest BCUT2D eigenvalue weighted by Crippen LogP contribution is -2.47. The van der Waals surface area contributed by atoms with Crippen molar-refractivity contribution in [2.45, 2.75) is 148 Å². The summed E-state index contributed by atoms with van der Waals surface area (Å²) >= 11 is 0. The highest BCUT2D eigenvalue weighted by atomic mass is 28.4. The maximum absolute atomic E-state index is 13.5. The Labute approximate surface area is 273 Å². The van der Waals surface area contributed by atoms with E-state index in [2.05, 4.69) is 71.0 Å². The van der Waals surface area contributed by atoms with Crippen molar-refractivity contribution in [3.63, 3.8) is 0 Å². The number of anilines is 2. The van der Waals surface area contributed by atoms with Crippen molar-refractivity contribution in [3.05, 3.63) is 30.1 Å². The van der Waals surface area contributed by atoms with Crippen LogP contribution in [0.3, 0.4) is 0 Å². The standard InChI is InChI=1S/C33H54F3N5O4Si/c1-30(2,3)41-27(21-25(40-41)22-14-15-24(19-22)45-46(10,11)32(7,8)9)38-23-16-17-37-28(20-23)43-18-12-13-26(33(34,35)36)39-29(42)44-31(4,5)6/h16-17,20-22,24,26H,12-15,18-19H2,1-11H3,(H,37,38)(H,39,42)/t22-,24+,26-/m0/s1. The second kappa shape index (κ2) is 14.1. The van der Waals surface area contributed by atoms with Gasteiger partial charge in [0.15, 0.2) is 8.32 Å². The Balaban J connectivity index is 1.64. The summed E-state index contributed by atoms with van der Waals surface area (Å²) in [5.74, 6) is 1.41. The van der Waals surface area contributed by atoms with Crippen LogP contribution < -0.4 is 15.4 Å². The zero-order valence-electron chi connectivity index (χ0n) is 29.4. The van der Waals surface area contributed by atoms with E-state index in [1.807, 2.05) is 10.00 Å². The third-order valence-corrected chi connectivity index (χ3v) is 12.9. The Morgan fingerprint density at radius 1 is 1.07 bits per heavy atom. The summed E-state index contributed by atoms with van der Waals surface area (Å²) < 4.78 is 60.0. The van der Waals surface area contributed by atoms with Gasteiger partial charge in [0.1, 0.15) is 17.5 Å². The number of hydrogen-bond donors (Lipinski definition) is 2. The molecule has 2 N–H and O–H groups in total. The fourth-order valence-electron chi connectivity index (χ4n) is 5.05. The molecule has 3 rings (SSSR count). The summed E-state index contributed by atoms with van der Waals surface area (Å²) in [6.07, 6.45) is -1.24. The highest BCUT2D eigenvalue weighted by Crippen LogP contribution is 2.43. The first kappa shape index (κ1) is 37.7. The van der Waals surface area contributed by atoms with Gasteiger partial charge in [0.25, 0.3) is 0 Å². The number of nitrogens with one attached hydrogen (secondary N) is 2. The molecule has 1 saturated carbocycles. The van der Waals surface area contributed by atoms with Crippen LogP contribution in [0.25, 0.3) is 0 Å². The summed E-state index contributed by atoms with van der Waals surface area (Å²) in [7, 11) is -1.86. The number of amides is 1. The van der Waals surface area contributed by atoms with Crippen LogP contribution in [0.2, 0.25) is 18.1 Å². The smallest absolute Gasteiger partial charge is 0.408 e. The van der Waals surface area contributed by atoms with E-state index in [0.29, 0.717) is 11.6 Å². The van der Waals surface area contributed by atoms with Crippen LogP contribution >= 0.6 is 0 Å². The Kier molecular flexibility index (Phi) is 11.6. The third-order valence-electron chi connectivity index (χ3n) is 8.41. The molecule has 9 nitrogen and oxygen atoms in total. The molecule has 260 valence electrons. The molecular formula is C33H54F3N5O4Si. The summed E-state index contributed by atoms with van der Waals surface area (Å²) in [6.45, 7) is 22.4. The molecule has 1 aliphatic carbocycles. The van der Waals surface area contributed by atoms with Gasteiger partial charge in [-0.15, -0.1) is 0 Å². The Bertz CT molecular complexity index is 1310. The summed E-state index contributed by atoms with van der Waals surface area (Å²) in [6, 6.07) is 3.56. The fourth-order valence-corrected chi connectivity index (χ4v) is 6.46. The molecular weight excluding hydrogens is 615 g/mol. The number of hydrogen-bond acceptors (Lipinski definition) is 7. The highest BCUT2D eigenvalue weighted by molar-refractivity contribution is 6.74. The Hall–Kier alpha value is -2.80. The lowest BCUT2D eigenvalue weighted by Gasteiger charge is -2.38. The number of carbonyl (C=O) groups is 1. The van der Waals surface area contributed by atoms with Crippen LogP contribution in [0.4, 0.5) is 29.5 Å². The first-order valence-corrected chi connectivity index (χ1v) is 19.1. The molecule has 0 aliphatic heterocycles. The van der Waals surface area contributed by atoms with Gasteiger partial charge in [-0.1, -0.05) is 20.8 Å². The van der Waals surface area contributed by atoms with Gasteiger partial charge < -0.3 is 24.5 Å². The number of carbonyl (C=O) groups excluding carboxylic acids is 1. The molecule has 1 amide bonds. The van der Waals surface area contributed by atoms with Gasteiger partial charge in [0.05, 0.1) is 17.8 Å². The van der Waals surface area contributed by atoms with Crippen LogP contribution in [-0.4, -0.2) is 59.7 Å². The van der Waals surface area contributed by atoms with Crippen molar-refractivity contribution >= 4 is 25.9 Å². The molecule has 2 heterocycles. The molecule has 0 unspecified atom stereocenters. The summed E-state index contributed by atoms with van der Waals surface area (Å²) in [4.78, 5) is 16.1. The molecule has 0 spiro atoms. The largest absolute Gasteiger partial charge is 0.478 e. The van der Waals surface area contributed by atoms with E-state index >= 15 is 0 Å². The predicted molar refractivity (Wildman–Crippen MR) is 177 cm³/mol. The molecule has 0 aromatic carbocycles. The quantitative estimate of drug-likeness (QED) is 0.182. The number of alkyl halides is 3. The van der Waals surface area contributed by atoms with E-state index in [4.69, 9.17) is 19.0 Å². The van der Waals surface area contributed by atoms with Crippen molar-refractivity contribution in [1.82, 2.24) is 20.1 Å². The SMILES string of the molecule is CC(C)(C)OC(=O)N[C@@H](CCCOc1cc(Nc2cc([C@H]3CC[C@@H](O[Si](C)(C)C(C)(C)C)C3)nn2C(C)(C)C)ccn1)C(F)(F)F. The lowest BCUT2D eigenvalue weighted by molar-refractivity contribution is -0.157. The molecule has 2 aromatic heterocycles. The summed E-state index contributed by atoms with van der Waals surface area (Å²) in [5.41, 5.74) is 0.556. The molecule has 46 heavy (non-hydrogen) atoms. The topological polar surface area (TPSA) is 99.5 Å². The lowest BCUT2D eigenvalue weighted by atomic mass is 10.0. The van der Waals surface area contributed by atoms with Crippen molar-refractivity contribution < 1.29 is 31.9 Å². The van der Waals surface area contributed by atoms with Crippen molar-refractivity contribution in [3.8, 4) is 5.88 Å². The molecule has 1 fully saturated rings. The minimum absolute atomic E-state index is 0.0110. The zero-order valence-corrected chi connectivity index (χ0v) is 30.4. The van der Waals surface area contributed by atoms with Gasteiger partial charge in [-0.3, -0.25) is 0 Å². The monoisotopic (exact) mass is 669 g/mol. The van der Waals surface area contributed by atoms with E-state index in [-0.39, 0.29) is 42.0 Å². The van der Waals surface area contributed by atoms with Crippen molar-refractivity contribution in [2.24, 2.45) is 0 Å². The van der Waals surface area contributed by atoms with E-state index in [1.165, 1.54) is 0 Å². The molecule has 13 heteroatoms. The van der Waals surface area contributed by atoms with Gasteiger partial charge in [-0.05, 0) is 97.8 Å². The van der Waals surface area contributed by atoms with Gasteiger partial charge in [-0.2, -0.15) is 18.3 Å². The minimum atomic E-state index is -4.62. The minimum Gasteiger partial charge on any atom is -0.478 e. The van der Waals surface area contributed by atoms with Crippen LogP contribution in [0.1, 0.15) is 106 Å². The van der Waals surface area contributed by atoms with Gasteiger partial charge in [0, 0.05) is 36.0 Å². The number of halogens is 3. The van der Waals surface area contributed by atoms with E-state index in [1.54, 1.807) is 39.1 Å². The zero-order chi connectivity index (χ0) is 34.7. The van der Waals surface area contributed by atoms with Crippen LogP contribution in [0, 0.1) is 0 Å². The maximum atomic E-state index is 13.5. The molecule has 2 aromatic rings. The second-order valence-electron chi connectivity index (χ2n) is 15.8. The Morgan fingerprint density at radius 2 is 1.74 bits per heavy atom. The predicted octanol–water partition coefficient (Wildman–Crippen LogP) is 9.05. The molecule has 1 aliphatic rings. The normalized spacial score (nSPS) is 18.7. The van der Waals surface area contributed by atoms with Crippen LogP contribution in [-0.2, 0) is 14.7 Å². The molecule has 0 saturated heterocycles. The van der Waals surface area contributed by atoms with Gasteiger partial charge in [0.2, 0.25) is 5.88 Å². The number of nitrogens with zero attached hydrogens (tertiary/aromatic N) is 3. The average Bonchev–Trinajstić information content (AvgIpc) is 3.50. The number of alkyl carbamates (subject to hydrolysis) is 1. The molecule has 0 bridgehead atoms. The van der Waals surface area contributed by atoms with Crippen molar-refractivity contribution in [2.75, 3.05) is 11.9 Å². The number of pyridine rings is 1. The number of ether oxygens (including phenoxy) is 2. The maximum Gasteiger partial charge on any atom is 0.408 e. The molecule has 3 atom stereocenters. The summed E-state index contributed by atoms with van der Waals surface area (Å²) in [5, 5.41) is 10.6. The van der Waals surface area contributed by atoms with Gasteiger partial charge in [-0.25, -0.2) is 14.5 Å². The average molecular weight is 670 g/mol. The van der Waals surface area contributed by atoms with Crippen LogP contribution in [0.15, 0.2) is 24.4 Å². The second-order valence-corrected chi connectivity index (χ2v) is 20.5. The third kappa shape index (κ3) is 10.9. The Morgan fingerprint density at radius 3 is 2.33 bits per heavy atom. The van der Waals surface area contributed by atoms with Crippen molar-refractivity contribution in [1.29, 1.82) is 0 Å². The van der Waals surface area contributed by atoms with Gasteiger partial charge >= 0.3 is 12.3 Å². The van der Waals surface area contributed by atoms with E-state index in [9.17, 15) is 18.0 Å². The van der Waals surface area contributed by atoms with Crippen LogP contribution in [0.5, 0.6) is 5.88 Å². The van der Waals surface area contributed by atoms with E-state index < -0.39 is 32.2 Å². The van der Waals surface area contributed by atoms with E-state index in [0.717, 1.165) is 30.8 Å². The first-order chi connectivity index (χ1) is 20.9. The highest BCUT2D eigenvalue weighted by Gasteiger charge is 2.42. The number of aromatic nitrogens is 3. The molecule has 0 radical (unpaired) electrons. The first-order valence-electron chi connectivity index (χ1n) is 16.1.